The van der Waals surface area contributed by atoms with Crippen LogP contribution in [0.1, 0.15) is 44.1 Å². The lowest BCUT2D eigenvalue weighted by molar-refractivity contribution is -0.140. The van der Waals surface area contributed by atoms with Gasteiger partial charge in [0.15, 0.2) is 0 Å². The quantitative estimate of drug-likeness (QED) is 0.831. The number of aliphatic carboxylic acids is 1. The van der Waals surface area contributed by atoms with Crippen LogP contribution in [0.5, 0.6) is 0 Å². The zero-order valence-corrected chi connectivity index (χ0v) is 13.9. The van der Waals surface area contributed by atoms with Gasteiger partial charge in [-0.05, 0) is 30.4 Å². The smallest absolute Gasteiger partial charge is 0.305 e. The highest BCUT2D eigenvalue weighted by Crippen LogP contribution is 2.24. The summed E-state index contributed by atoms with van der Waals surface area (Å²) in [5.41, 5.74) is 0.510. The van der Waals surface area contributed by atoms with E-state index >= 15 is 0 Å². The number of ether oxygens (including phenoxy) is 1. The molecule has 6 heteroatoms. The summed E-state index contributed by atoms with van der Waals surface area (Å²) in [6, 6.07) is 6.44. The Balaban J connectivity index is 2.05. The molecular weight excluding hydrogens is 313 g/mol. The van der Waals surface area contributed by atoms with Gasteiger partial charge in [0.2, 0.25) is 5.91 Å². The number of carboxylic acids is 1. The molecule has 1 heterocycles. The number of carbonyl (C=O) groups is 2. The molecule has 1 amide bonds. The van der Waals surface area contributed by atoms with E-state index in [-0.39, 0.29) is 43.1 Å². The lowest BCUT2D eigenvalue weighted by atomic mass is 9.95. The van der Waals surface area contributed by atoms with E-state index in [1.54, 1.807) is 23.1 Å². The fourth-order valence-electron chi connectivity index (χ4n) is 3.09. The Bertz CT molecular complexity index is 572. The fourth-order valence-corrected chi connectivity index (χ4v) is 3.09. The molecule has 1 aliphatic rings. The molecule has 1 saturated heterocycles. The maximum atomic E-state index is 13.9. The summed E-state index contributed by atoms with van der Waals surface area (Å²) in [5, 5.41) is 8.93. The molecule has 1 N–H and O–H groups in total. The van der Waals surface area contributed by atoms with Gasteiger partial charge in [-0.1, -0.05) is 25.1 Å². The summed E-state index contributed by atoms with van der Waals surface area (Å²) in [5.74, 6) is -1.63. The molecular formula is C18H24FNO4. The molecule has 1 aliphatic heterocycles. The van der Waals surface area contributed by atoms with Crippen molar-refractivity contribution in [2.75, 3.05) is 19.8 Å². The maximum absolute atomic E-state index is 13.9. The maximum Gasteiger partial charge on any atom is 0.305 e. The van der Waals surface area contributed by atoms with Crippen LogP contribution >= 0.6 is 0 Å². The van der Waals surface area contributed by atoms with Crippen LogP contribution in [0.2, 0.25) is 0 Å². The minimum atomic E-state index is -0.929. The Kier molecular flexibility index (Phi) is 6.73. The van der Waals surface area contributed by atoms with Gasteiger partial charge < -0.3 is 14.7 Å². The second kappa shape index (κ2) is 8.78. The van der Waals surface area contributed by atoms with Crippen molar-refractivity contribution in [3.63, 3.8) is 0 Å². The van der Waals surface area contributed by atoms with Crippen molar-refractivity contribution in [2.24, 2.45) is 0 Å². The standard InChI is InChI=1S/C18H24FNO4/c1-13(15-4-2-3-5-16(15)19)12-17(21)20(9-6-18(22)23)14-7-10-24-11-8-14/h2-5,13-14H,6-12H2,1H3,(H,22,23)/t13-/m1/s1. The van der Waals surface area contributed by atoms with E-state index in [0.717, 1.165) is 0 Å². The first-order chi connectivity index (χ1) is 11.5. The Morgan fingerprint density at radius 1 is 1.33 bits per heavy atom. The summed E-state index contributed by atoms with van der Waals surface area (Å²) in [6.07, 6.45) is 1.49. The van der Waals surface area contributed by atoms with Gasteiger partial charge >= 0.3 is 5.97 Å². The van der Waals surface area contributed by atoms with E-state index < -0.39 is 5.97 Å². The number of carboxylic acid groups (broad SMARTS) is 1. The average molecular weight is 337 g/mol. The summed E-state index contributed by atoms with van der Waals surface area (Å²) >= 11 is 0. The van der Waals surface area contributed by atoms with Crippen LogP contribution in [0.25, 0.3) is 0 Å². The van der Waals surface area contributed by atoms with Gasteiger partial charge in [-0.15, -0.1) is 0 Å². The SMILES string of the molecule is C[C@H](CC(=O)N(CCC(=O)O)C1CCOCC1)c1ccccc1F. The van der Waals surface area contributed by atoms with Crippen LogP contribution in [0.15, 0.2) is 24.3 Å². The van der Waals surface area contributed by atoms with Gasteiger partial charge in [0, 0.05) is 32.2 Å². The van der Waals surface area contributed by atoms with Crippen LogP contribution in [0.4, 0.5) is 4.39 Å². The van der Waals surface area contributed by atoms with Crippen molar-refractivity contribution < 1.29 is 23.8 Å². The van der Waals surface area contributed by atoms with Crippen molar-refractivity contribution in [1.29, 1.82) is 0 Å². The molecule has 5 nitrogen and oxygen atoms in total. The molecule has 0 aliphatic carbocycles. The Hall–Kier alpha value is -1.95. The van der Waals surface area contributed by atoms with Gasteiger partial charge in [-0.25, -0.2) is 4.39 Å². The van der Waals surface area contributed by atoms with Crippen LogP contribution in [-0.4, -0.2) is 47.7 Å². The lowest BCUT2D eigenvalue weighted by Gasteiger charge is -2.34. The molecule has 0 unspecified atom stereocenters. The second-order valence-electron chi connectivity index (χ2n) is 6.20. The molecule has 132 valence electrons. The third-order valence-electron chi connectivity index (χ3n) is 4.44. The van der Waals surface area contributed by atoms with E-state index in [1.165, 1.54) is 6.07 Å². The Morgan fingerprint density at radius 3 is 2.62 bits per heavy atom. The van der Waals surface area contributed by atoms with Crippen molar-refractivity contribution in [2.45, 2.75) is 44.6 Å². The average Bonchev–Trinajstić information content (AvgIpc) is 2.56. The summed E-state index contributed by atoms with van der Waals surface area (Å²) < 4.78 is 19.2. The predicted molar refractivity (Wildman–Crippen MR) is 87.2 cm³/mol. The topological polar surface area (TPSA) is 66.8 Å². The van der Waals surface area contributed by atoms with E-state index in [4.69, 9.17) is 9.84 Å². The number of hydrogen-bond acceptors (Lipinski definition) is 3. The first kappa shape index (κ1) is 18.4. The van der Waals surface area contributed by atoms with Gasteiger partial charge in [-0.3, -0.25) is 9.59 Å². The molecule has 0 saturated carbocycles. The summed E-state index contributed by atoms with van der Waals surface area (Å²) in [4.78, 5) is 25.3. The number of carbonyl (C=O) groups excluding carboxylic acids is 1. The Labute approximate surface area is 141 Å². The zero-order valence-electron chi connectivity index (χ0n) is 13.9. The highest BCUT2D eigenvalue weighted by Gasteiger charge is 2.27. The van der Waals surface area contributed by atoms with Crippen LogP contribution in [-0.2, 0) is 14.3 Å². The van der Waals surface area contributed by atoms with E-state index in [0.29, 0.717) is 31.6 Å². The molecule has 1 atom stereocenters. The van der Waals surface area contributed by atoms with Crippen molar-refractivity contribution in [3.8, 4) is 0 Å². The van der Waals surface area contributed by atoms with Gasteiger partial charge in [0.1, 0.15) is 5.82 Å². The third kappa shape index (κ3) is 5.03. The molecule has 1 aromatic rings. The molecule has 0 radical (unpaired) electrons. The number of benzene rings is 1. The predicted octanol–water partition coefficient (Wildman–Crippen LogP) is 2.80. The molecule has 0 spiro atoms. The van der Waals surface area contributed by atoms with E-state index in [1.807, 2.05) is 6.92 Å². The number of amides is 1. The van der Waals surface area contributed by atoms with Gasteiger partial charge in [0.05, 0.1) is 6.42 Å². The van der Waals surface area contributed by atoms with Crippen LogP contribution in [0.3, 0.4) is 0 Å². The first-order valence-electron chi connectivity index (χ1n) is 8.32. The highest BCUT2D eigenvalue weighted by atomic mass is 19.1. The zero-order chi connectivity index (χ0) is 17.5. The molecule has 0 bridgehead atoms. The highest BCUT2D eigenvalue weighted by molar-refractivity contribution is 5.78. The third-order valence-corrected chi connectivity index (χ3v) is 4.44. The molecule has 1 aromatic carbocycles. The first-order valence-corrected chi connectivity index (χ1v) is 8.32. The fraction of sp³-hybridized carbons (Fsp3) is 0.556. The number of rotatable bonds is 7. The van der Waals surface area contributed by atoms with E-state index in [9.17, 15) is 14.0 Å². The minimum absolute atomic E-state index is 0.00146. The summed E-state index contributed by atoms with van der Waals surface area (Å²) in [7, 11) is 0. The second-order valence-corrected chi connectivity index (χ2v) is 6.20. The summed E-state index contributed by atoms with van der Waals surface area (Å²) in [6.45, 7) is 3.15. The van der Waals surface area contributed by atoms with Crippen molar-refractivity contribution in [3.05, 3.63) is 35.6 Å². The lowest BCUT2D eigenvalue weighted by Crippen LogP contribution is -2.44. The van der Waals surface area contributed by atoms with Gasteiger partial charge in [-0.2, -0.15) is 0 Å². The number of halogens is 1. The number of hydrogen-bond donors (Lipinski definition) is 1. The molecule has 2 rings (SSSR count). The van der Waals surface area contributed by atoms with Gasteiger partial charge in [0.25, 0.3) is 0 Å². The Morgan fingerprint density at radius 2 is 2.00 bits per heavy atom. The van der Waals surface area contributed by atoms with Crippen LogP contribution < -0.4 is 0 Å². The van der Waals surface area contributed by atoms with Crippen molar-refractivity contribution >= 4 is 11.9 Å². The monoisotopic (exact) mass is 337 g/mol. The molecule has 0 aromatic heterocycles. The van der Waals surface area contributed by atoms with Crippen molar-refractivity contribution in [1.82, 2.24) is 4.90 Å². The van der Waals surface area contributed by atoms with E-state index in [2.05, 4.69) is 0 Å². The van der Waals surface area contributed by atoms with Crippen LogP contribution in [0, 0.1) is 5.82 Å². The minimum Gasteiger partial charge on any atom is -0.481 e. The normalized spacial score (nSPS) is 16.6. The number of nitrogens with zero attached hydrogens (tertiary/aromatic N) is 1. The largest absolute Gasteiger partial charge is 0.481 e. The molecule has 24 heavy (non-hydrogen) atoms. The molecule has 1 fully saturated rings.